The molecule has 1 aliphatic rings. The molecule has 0 spiro atoms. The molecule has 0 aromatic carbocycles. The first-order chi connectivity index (χ1) is 6.42. The highest BCUT2D eigenvalue weighted by molar-refractivity contribution is 4.95. The zero-order chi connectivity index (χ0) is 9.10. The lowest BCUT2D eigenvalue weighted by Crippen LogP contribution is -2.22. The van der Waals surface area contributed by atoms with Crippen molar-refractivity contribution in [1.82, 2.24) is 9.55 Å². The van der Waals surface area contributed by atoms with Crippen molar-refractivity contribution in [3.63, 3.8) is 0 Å². The van der Waals surface area contributed by atoms with E-state index in [1.807, 2.05) is 6.20 Å². The summed E-state index contributed by atoms with van der Waals surface area (Å²) in [4.78, 5) is 4.32. The van der Waals surface area contributed by atoms with Gasteiger partial charge in [-0.3, -0.25) is 0 Å². The van der Waals surface area contributed by atoms with E-state index in [2.05, 4.69) is 22.7 Å². The fourth-order valence-electron chi connectivity index (χ4n) is 1.89. The molecule has 2 rings (SSSR count). The van der Waals surface area contributed by atoms with Gasteiger partial charge in [-0.05, 0) is 12.8 Å². The second kappa shape index (κ2) is 3.92. The molecule has 13 heavy (non-hydrogen) atoms. The van der Waals surface area contributed by atoms with Crippen molar-refractivity contribution in [3.8, 4) is 0 Å². The highest BCUT2D eigenvalue weighted by Gasteiger charge is 2.17. The third-order valence-electron chi connectivity index (χ3n) is 2.59. The van der Waals surface area contributed by atoms with E-state index in [0.717, 1.165) is 19.6 Å². The molecule has 1 fully saturated rings. The summed E-state index contributed by atoms with van der Waals surface area (Å²) in [6.45, 7) is 3.92. The van der Waals surface area contributed by atoms with Gasteiger partial charge in [0.1, 0.15) is 5.82 Å². The first kappa shape index (κ1) is 8.75. The summed E-state index contributed by atoms with van der Waals surface area (Å²) in [6, 6.07) is 0.520. The Morgan fingerprint density at radius 2 is 2.62 bits per heavy atom. The van der Waals surface area contributed by atoms with Gasteiger partial charge in [0.2, 0.25) is 0 Å². The van der Waals surface area contributed by atoms with Gasteiger partial charge in [-0.25, -0.2) is 4.98 Å². The SMILES string of the molecule is CCc1nccn1C1CCCOC1. The van der Waals surface area contributed by atoms with Crippen LogP contribution in [0.15, 0.2) is 12.4 Å². The van der Waals surface area contributed by atoms with Crippen LogP contribution in [0.3, 0.4) is 0 Å². The van der Waals surface area contributed by atoms with Crippen molar-refractivity contribution in [2.45, 2.75) is 32.2 Å². The summed E-state index contributed by atoms with van der Waals surface area (Å²) in [5.41, 5.74) is 0. The maximum absolute atomic E-state index is 5.46. The molecule has 0 N–H and O–H groups in total. The van der Waals surface area contributed by atoms with Crippen LogP contribution in [0, 0.1) is 0 Å². The first-order valence-electron chi connectivity index (χ1n) is 5.01. The van der Waals surface area contributed by atoms with E-state index in [0.29, 0.717) is 6.04 Å². The van der Waals surface area contributed by atoms with Crippen molar-refractivity contribution in [2.75, 3.05) is 13.2 Å². The number of hydrogen-bond acceptors (Lipinski definition) is 2. The maximum Gasteiger partial charge on any atom is 0.108 e. The molecule has 0 saturated carbocycles. The lowest BCUT2D eigenvalue weighted by atomic mass is 10.1. The van der Waals surface area contributed by atoms with Crippen LogP contribution in [0.2, 0.25) is 0 Å². The predicted molar refractivity (Wildman–Crippen MR) is 50.7 cm³/mol. The van der Waals surface area contributed by atoms with Crippen molar-refractivity contribution >= 4 is 0 Å². The van der Waals surface area contributed by atoms with Crippen LogP contribution < -0.4 is 0 Å². The summed E-state index contributed by atoms with van der Waals surface area (Å²) < 4.78 is 7.72. The van der Waals surface area contributed by atoms with Gasteiger partial charge in [0.15, 0.2) is 0 Å². The normalized spacial score (nSPS) is 23.3. The van der Waals surface area contributed by atoms with Gasteiger partial charge < -0.3 is 9.30 Å². The molecule has 1 atom stereocenters. The van der Waals surface area contributed by atoms with Crippen LogP contribution >= 0.6 is 0 Å². The lowest BCUT2D eigenvalue weighted by molar-refractivity contribution is 0.0582. The summed E-state index contributed by atoms with van der Waals surface area (Å²) >= 11 is 0. The van der Waals surface area contributed by atoms with E-state index in [1.54, 1.807) is 0 Å². The molecule has 0 radical (unpaired) electrons. The molecule has 3 heteroatoms. The minimum Gasteiger partial charge on any atom is -0.379 e. The van der Waals surface area contributed by atoms with E-state index < -0.39 is 0 Å². The zero-order valence-corrected chi connectivity index (χ0v) is 8.07. The van der Waals surface area contributed by atoms with Crippen LogP contribution in [0.25, 0.3) is 0 Å². The smallest absolute Gasteiger partial charge is 0.108 e. The van der Waals surface area contributed by atoms with E-state index in [4.69, 9.17) is 4.74 Å². The monoisotopic (exact) mass is 180 g/mol. The molecule has 2 heterocycles. The number of ether oxygens (including phenoxy) is 1. The van der Waals surface area contributed by atoms with Gasteiger partial charge in [-0.2, -0.15) is 0 Å². The Hall–Kier alpha value is -0.830. The number of rotatable bonds is 2. The van der Waals surface area contributed by atoms with Crippen molar-refractivity contribution in [1.29, 1.82) is 0 Å². The predicted octanol–water partition coefficient (Wildman–Crippen LogP) is 1.80. The van der Waals surface area contributed by atoms with Crippen LogP contribution in [0.1, 0.15) is 31.6 Å². The Bertz CT molecular complexity index is 264. The van der Waals surface area contributed by atoms with Crippen molar-refractivity contribution in [2.24, 2.45) is 0 Å². The Kier molecular flexibility index (Phi) is 2.64. The molecule has 72 valence electrons. The zero-order valence-electron chi connectivity index (χ0n) is 8.07. The molecule has 1 aromatic heterocycles. The van der Waals surface area contributed by atoms with Gasteiger partial charge in [0, 0.05) is 25.4 Å². The van der Waals surface area contributed by atoms with E-state index >= 15 is 0 Å². The second-order valence-corrected chi connectivity index (χ2v) is 3.48. The van der Waals surface area contributed by atoms with Crippen LogP contribution in [0.5, 0.6) is 0 Å². The Balaban J connectivity index is 2.13. The topological polar surface area (TPSA) is 27.1 Å². The van der Waals surface area contributed by atoms with E-state index in [-0.39, 0.29) is 0 Å². The molecule has 0 amide bonds. The van der Waals surface area contributed by atoms with Gasteiger partial charge in [0.05, 0.1) is 12.6 Å². The quantitative estimate of drug-likeness (QED) is 0.694. The third-order valence-corrected chi connectivity index (χ3v) is 2.59. The summed E-state index contributed by atoms with van der Waals surface area (Å²) in [7, 11) is 0. The first-order valence-corrected chi connectivity index (χ1v) is 5.01. The number of aryl methyl sites for hydroxylation is 1. The molecule has 1 unspecified atom stereocenters. The molecular formula is C10H16N2O. The summed E-state index contributed by atoms with van der Waals surface area (Å²) in [5.74, 6) is 1.18. The summed E-state index contributed by atoms with van der Waals surface area (Å²) in [6.07, 6.45) is 7.35. The number of imidazole rings is 1. The van der Waals surface area contributed by atoms with E-state index in [9.17, 15) is 0 Å². The molecular weight excluding hydrogens is 164 g/mol. The van der Waals surface area contributed by atoms with Gasteiger partial charge in [-0.15, -0.1) is 0 Å². The largest absolute Gasteiger partial charge is 0.379 e. The van der Waals surface area contributed by atoms with Crippen molar-refractivity contribution in [3.05, 3.63) is 18.2 Å². The fourth-order valence-corrected chi connectivity index (χ4v) is 1.89. The van der Waals surface area contributed by atoms with Gasteiger partial charge >= 0.3 is 0 Å². The number of nitrogens with zero attached hydrogens (tertiary/aromatic N) is 2. The fraction of sp³-hybridized carbons (Fsp3) is 0.700. The van der Waals surface area contributed by atoms with Crippen LogP contribution in [-0.4, -0.2) is 22.8 Å². The lowest BCUT2D eigenvalue weighted by Gasteiger charge is -2.24. The molecule has 0 bridgehead atoms. The van der Waals surface area contributed by atoms with Gasteiger partial charge in [0.25, 0.3) is 0 Å². The highest BCUT2D eigenvalue weighted by atomic mass is 16.5. The molecule has 3 nitrogen and oxygen atoms in total. The third kappa shape index (κ3) is 1.75. The Labute approximate surface area is 78.7 Å². The Morgan fingerprint density at radius 1 is 1.69 bits per heavy atom. The molecule has 1 aliphatic heterocycles. The minimum absolute atomic E-state index is 0.520. The second-order valence-electron chi connectivity index (χ2n) is 3.48. The number of aromatic nitrogens is 2. The van der Waals surface area contributed by atoms with Gasteiger partial charge in [-0.1, -0.05) is 6.92 Å². The average molecular weight is 180 g/mol. The minimum atomic E-state index is 0.520. The average Bonchev–Trinajstić information content (AvgIpc) is 2.67. The molecule has 1 saturated heterocycles. The maximum atomic E-state index is 5.46. The Morgan fingerprint density at radius 3 is 3.31 bits per heavy atom. The van der Waals surface area contributed by atoms with Crippen LogP contribution in [0.4, 0.5) is 0 Å². The van der Waals surface area contributed by atoms with Crippen molar-refractivity contribution < 1.29 is 4.74 Å². The molecule has 0 aliphatic carbocycles. The highest BCUT2D eigenvalue weighted by Crippen LogP contribution is 2.20. The van der Waals surface area contributed by atoms with Crippen LogP contribution in [-0.2, 0) is 11.2 Å². The number of hydrogen-bond donors (Lipinski definition) is 0. The molecule has 1 aromatic rings. The summed E-state index contributed by atoms with van der Waals surface area (Å²) in [5, 5.41) is 0. The van der Waals surface area contributed by atoms with E-state index in [1.165, 1.54) is 18.7 Å². The standard InChI is InChI=1S/C10H16N2O/c1-2-10-11-5-6-12(10)9-4-3-7-13-8-9/h5-6,9H,2-4,7-8H2,1H3.